The van der Waals surface area contributed by atoms with Crippen LogP contribution in [0.5, 0.6) is 0 Å². The summed E-state index contributed by atoms with van der Waals surface area (Å²) in [6, 6.07) is 0. The van der Waals surface area contributed by atoms with E-state index in [0.29, 0.717) is 5.92 Å². The van der Waals surface area contributed by atoms with Gasteiger partial charge in [-0.15, -0.1) is 12.4 Å². The maximum atomic E-state index is 10.7. The van der Waals surface area contributed by atoms with Crippen LogP contribution in [0.2, 0.25) is 0 Å². The number of rotatable bonds is 1. The predicted molar refractivity (Wildman–Crippen MR) is 47.2 cm³/mol. The molecular formula is C8H12ClNO2. The van der Waals surface area contributed by atoms with Crippen molar-refractivity contribution in [2.75, 3.05) is 0 Å². The van der Waals surface area contributed by atoms with Gasteiger partial charge in [-0.05, 0) is 18.8 Å². The van der Waals surface area contributed by atoms with Gasteiger partial charge in [0.15, 0.2) is 0 Å². The number of nitrogens with two attached hydrogens (primary N) is 1. The topological polar surface area (TPSA) is 63.3 Å². The van der Waals surface area contributed by atoms with Gasteiger partial charge in [0.05, 0.1) is 5.92 Å². The molecule has 4 heteroatoms. The smallest absolute Gasteiger partial charge is 0.308 e. The second-order valence-electron chi connectivity index (χ2n) is 3.56. The summed E-state index contributed by atoms with van der Waals surface area (Å²) in [6.07, 6.45) is 5.45. The highest BCUT2D eigenvalue weighted by molar-refractivity contribution is 5.85. The van der Waals surface area contributed by atoms with Crippen LogP contribution in [-0.4, -0.2) is 16.6 Å². The molecule has 2 aliphatic rings. The summed E-state index contributed by atoms with van der Waals surface area (Å²) >= 11 is 0. The van der Waals surface area contributed by atoms with E-state index < -0.39 is 11.5 Å². The minimum absolute atomic E-state index is 0. The van der Waals surface area contributed by atoms with Gasteiger partial charge in [0.25, 0.3) is 0 Å². The van der Waals surface area contributed by atoms with E-state index in [1.54, 1.807) is 0 Å². The van der Waals surface area contributed by atoms with E-state index in [1.165, 1.54) is 0 Å². The number of aliphatic carboxylic acids is 1. The standard InChI is InChI=1S/C8H11NO2.ClH/c9-8-2-1-5(4-8)3-6(8)7(10)11;/h1-2,5-6H,3-4,9H2,(H,10,11);1H. The van der Waals surface area contributed by atoms with Crippen molar-refractivity contribution < 1.29 is 9.90 Å². The van der Waals surface area contributed by atoms with Crippen LogP contribution in [0, 0.1) is 11.8 Å². The minimum Gasteiger partial charge on any atom is -0.481 e. The zero-order valence-corrected chi connectivity index (χ0v) is 7.38. The molecule has 0 aromatic carbocycles. The summed E-state index contributed by atoms with van der Waals surface area (Å²) in [7, 11) is 0. The van der Waals surface area contributed by atoms with E-state index >= 15 is 0 Å². The largest absolute Gasteiger partial charge is 0.481 e. The lowest BCUT2D eigenvalue weighted by molar-refractivity contribution is -0.142. The molecule has 3 unspecified atom stereocenters. The molecule has 2 aliphatic carbocycles. The molecule has 3 N–H and O–H groups in total. The summed E-state index contributed by atoms with van der Waals surface area (Å²) in [5, 5.41) is 8.79. The molecule has 1 saturated carbocycles. The number of carboxylic acid groups (broad SMARTS) is 1. The lowest BCUT2D eigenvalue weighted by atomic mass is 9.87. The molecule has 3 nitrogen and oxygen atoms in total. The number of carboxylic acids is 1. The third-order valence-corrected chi connectivity index (χ3v) is 2.78. The zero-order valence-electron chi connectivity index (χ0n) is 6.56. The van der Waals surface area contributed by atoms with Crippen molar-refractivity contribution in [1.29, 1.82) is 0 Å². The van der Waals surface area contributed by atoms with Crippen LogP contribution in [-0.2, 0) is 4.79 Å². The minimum atomic E-state index is -0.751. The SMILES string of the molecule is Cl.NC12C=CC(CC1C(=O)O)C2. The molecule has 0 aromatic heterocycles. The van der Waals surface area contributed by atoms with Gasteiger partial charge in [0, 0.05) is 5.54 Å². The van der Waals surface area contributed by atoms with Crippen molar-refractivity contribution in [1.82, 2.24) is 0 Å². The Morgan fingerprint density at radius 1 is 1.67 bits per heavy atom. The van der Waals surface area contributed by atoms with Crippen molar-refractivity contribution in [3.05, 3.63) is 12.2 Å². The molecule has 1 fully saturated rings. The lowest BCUT2D eigenvalue weighted by Crippen LogP contribution is -2.44. The molecule has 2 rings (SSSR count). The maximum Gasteiger partial charge on any atom is 0.308 e. The highest BCUT2D eigenvalue weighted by atomic mass is 35.5. The van der Waals surface area contributed by atoms with Gasteiger partial charge in [-0.2, -0.15) is 0 Å². The van der Waals surface area contributed by atoms with Crippen LogP contribution in [0.4, 0.5) is 0 Å². The lowest BCUT2D eigenvalue weighted by Gasteiger charge is -2.23. The Morgan fingerprint density at radius 2 is 2.33 bits per heavy atom. The molecule has 68 valence electrons. The maximum absolute atomic E-state index is 10.7. The Balaban J connectivity index is 0.000000720. The molecule has 3 atom stereocenters. The molecule has 0 radical (unpaired) electrons. The molecule has 12 heavy (non-hydrogen) atoms. The average molecular weight is 190 g/mol. The zero-order chi connectivity index (χ0) is 8.06. The monoisotopic (exact) mass is 189 g/mol. The van der Waals surface area contributed by atoms with E-state index in [4.69, 9.17) is 10.8 Å². The molecule has 0 heterocycles. The Hall–Kier alpha value is -0.540. The van der Waals surface area contributed by atoms with Crippen LogP contribution in [0.3, 0.4) is 0 Å². The normalized spacial score (nSPS) is 42.8. The van der Waals surface area contributed by atoms with Gasteiger partial charge in [0.2, 0.25) is 0 Å². The Morgan fingerprint density at radius 3 is 2.58 bits per heavy atom. The molecular weight excluding hydrogens is 178 g/mol. The van der Waals surface area contributed by atoms with E-state index in [2.05, 4.69) is 0 Å². The highest BCUT2D eigenvalue weighted by Crippen LogP contribution is 2.44. The number of hydrogen-bond acceptors (Lipinski definition) is 2. The number of fused-ring (bicyclic) bond motifs is 2. The fraction of sp³-hybridized carbons (Fsp3) is 0.625. The fourth-order valence-electron chi connectivity index (χ4n) is 2.18. The van der Waals surface area contributed by atoms with E-state index in [9.17, 15) is 4.79 Å². The first-order valence-electron chi connectivity index (χ1n) is 3.83. The molecule has 0 saturated heterocycles. The number of carbonyl (C=O) groups is 1. The van der Waals surface area contributed by atoms with Gasteiger partial charge < -0.3 is 10.8 Å². The first-order chi connectivity index (χ1) is 5.12. The van der Waals surface area contributed by atoms with Crippen LogP contribution < -0.4 is 5.73 Å². The van der Waals surface area contributed by atoms with Crippen molar-refractivity contribution >= 4 is 18.4 Å². The van der Waals surface area contributed by atoms with E-state index in [1.807, 2.05) is 12.2 Å². The number of hydrogen-bond donors (Lipinski definition) is 2. The van der Waals surface area contributed by atoms with Crippen LogP contribution >= 0.6 is 12.4 Å². The summed E-state index contributed by atoms with van der Waals surface area (Å²) in [6.45, 7) is 0. The Labute approximate surface area is 77.0 Å². The fourth-order valence-corrected chi connectivity index (χ4v) is 2.18. The van der Waals surface area contributed by atoms with Crippen LogP contribution in [0.1, 0.15) is 12.8 Å². The first-order valence-corrected chi connectivity index (χ1v) is 3.83. The number of halogens is 1. The van der Waals surface area contributed by atoms with E-state index in [0.717, 1.165) is 12.8 Å². The van der Waals surface area contributed by atoms with Crippen molar-refractivity contribution in [2.24, 2.45) is 17.6 Å². The van der Waals surface area contributed by atoms with Crippen molar-refractivity contribution in [3.8, 4) is 0 Å². The van der Waals surface area contributed by atoms with Crippen LogP contribution in [0.25, 0.3) is 0 Å². The molecule has 0 spiro atoms. The molecule has 0 aliphatic heterocycles. The molecule has 0 amide bonds. The molecule has 0 aromatic rings. The second-order valence-corrected chi connectivity index (χ2v) is 3.56. The van der Waals surface area contributed by atoms with Gasteiger partial charge >= 0.3 is 5.97 Å². The molecule has 2 bridgehead atoms. The number of allylic oxidation sites excluding steroid dienone is 1. The first kappa shape index (κ1) is 9.55. The second kappa shape index (κ2) is 2.75. The predicted octanol–water partition coefficient (Wildman–Crippen LogP) is 0.786. The Bertz CT molecular complexity index is 241. The van der Waals surface area contributed by atoms with Crippen molar-refractivity contribution in [3.63, 3.8) is 0 Å². The van der Waals surface area contributed by atoms with Gasteiger partial charge in [-0.1, -0.05) is 12.2 Å². The average Bonchev–Trinajstić information content (AvgIpc) is 2.41. The van der Waals surface area contributed by atoms with Crippen LogP contribution in [0.15, 0.2) is 12.2 Å². The Kier molecular flexibility index (Phi) is 2.19. The summed E-state index contributed by atoms with van der Waals surface area (Å²) < 4.78 is 0. The van der Waals surface area contributed by atoms with Gasteiger partial charge in [-0.25, -0.2) is 0 Å². The third kappa shape index (κ3) is 1.13. The summed E-state index contributed by atoms with van der Waals surface area (Å²) in [5.74, 6) is -0.682. The highest BCUT2D eigenvalue weighted by Gasteiger charge is 2.49. The van der Waals surface area contributed by atoms with Gasteiger partial charge in [-0.3, -0.25) is 4.79 Å². The van der Waals surface area contributed by atoms with E-state index in [-0.39, 0.29) is 18.3 Å². The van der Waals surface area contributed by atoms with Gasteiger partial charge in [0.1, 0.15) is 0 Å². The summed E-state index contributed by atoms with van der Waals surface area (Å²) in [4.78, 5) is 10.7. The third-order valence-electron chi connectivity index (χ3n) is 2.78. The quantitative estimate of drug-likeness (QED) is 0.600. The summed E-state index contributed by atoms with van der Waals surface area (Å²) in [5.41, 5.74) is 5.35. The van der Waals surface area contributed by atoms with Crippen molar-refractivity contribution in [2.45, 2.75) is 18.4 Å².